The van der Waals surface area contributed by atoms with Gasteiger partial charge >= 0.3 is 0 Å². The lowest BCUT2D eigenvalue weighted by atomic mass is 10.3. The van der Waals surface area contributed by atoms with Crippen molar-refractivity contribution >= 4 is 27.3 Å². The van der Waals surface area contributed by atoms with E-state index in [2.05, 4.69) is 0 Å². The van der Waals surface area contributed by atoms with E-state index in [1.807, 2.05) is 0 Å². The Morgan fingerprint density at radius 1 is 1.05 bits per heavy atom. The van der Waals surface area contributed by atoms with Gasteiger partial charge in [0.2, 0.25) is 0 Å². The minimum absolute atomic E-state index is 0.218. The average molecular weight is 321 g/mol. The van der Waals surface area contributed by atoms with Gasteiger partial charge in [0, 0.05) is 16.7 Å². The molecule has 0 unspecified atom stereocenters. The Hall–Kier alpha value is -1.66. The van der Waals surface area contributed by atoms with Crippen LogP contribution in [0.5, 0.6) is 11.5 Å². The molecule has 0 bridgehead atoms. The Morgan fingerprint density at radius 2 is 1.57 bits per heavy atom. The van der Waals surface area contributed by atoms with Crippen molar-refractivity contribution in [2.75, 3.05) is 17.2 Å². The lowest BCUT2D eigenvalue weighted by Gasteiger charge is -2.07. The molecule has 1 atom stereocenters. The molecule has 1 heterocycles. The molecule has 0 spiro atoms. The normalized spacial score (nSPS) is 17.4. The van der Waals surface area contributed by atoms with Gasteiger partial charge in [-0.3, -0.25) is 0 Å². The third-order valence-electron chi connectivity index (χ3n) is 3.11. The van der Waals surface area contributed by atoms with Gasteiger partial charge in [0.05, 0.1) is 10.6 Å². The first kappa shape index (κ1) is 14.3. The number of ether oxygens (including phenoxy) is 1. The van der Waals surface area contributed by atoms with E-state index in [1.54, 1.807) is 60.3 Å². The summed E-state index contributed by atoms with van der Waals surface area (Å²) in [6.07, 6.45) is 0. The van der Waals surface area contributed by atoms with Crippen LogP contribution in [0.1, 0.15) is 0 Å². The van der Waals surface area contributed by atoms with Gasteiger partial charge in [-0.1, -0.05) is 0 Å². The number of nitrogens with two attached hydrogens (primary N) is 1. The Bertz CT molecular complexity index is 721. The van der Waals surface area contributed by atoms with Crippen LogP contribution >= 0.6 is 11.8 Å². The van der Waals surface area contributed by atoms with Crippen LogP contribution in [0.3, 0.4) is 0 Å². The molecule has 110 valence electrons. The number of thioether (sulfide) groups is 1. The van der Waals surface area contributed by atoms with Crippen LogP contribution in [0.15, 0.2) is 53.4 Å². The molecule has 1 saturated heterocycles. The molecule has 0 radical (unpaired) electrons. The van der Waals surface area contributed by atoms with Crippen LogP contribution in [0.2, 0.25) is 0 Å². The highest BCUT2D eigenvalue weighted by Gasteiger charge is 2.29. The van der Waals surface area contributed by atoms with Crippen LogP contribution in [-0.2, 0) is 9.84 Å². The molecule has 2 aromatic carbocycles. The van der Waals surface area contributed by atoms with E-state index in [-0.39, 0.29) is 11.0 Å². The number of nitrogen functional groups attached to an aromatic ring is 1. The van der Waals surface area contributed by atoms with E-state index in [4.69, 9.17) is 10.5 Å². The fourth-order valence-electron chi connectivity index (χ4n) is 1.89. The molecule has 0 aliphatic carbocycles. The van der Waals surface area contributed by atoms with E-state index in [0.29, 0.717) is 22.1 Å². The highest BCUT2D eigenvalue weighted by Crippen LogP contribution is 2.33. The SMILES string of the molecule is Nc1ccc(Oc2ccc(S(=O)(=O)C[C@H]3CS3)cc2)cc1. The van der Waals surface area contributed by atoms with E-state index in [0.717, 1.165) is 5.75 Å². The van der Waals surface area contributed by atoms with Crippen molar-refractivity contribution in [3.8, 4) is 11.5 Å². The molecule has 2 N–H and O–H groups in total. The maximum absolute atomic E-state index is 12.1. The van der Waals surface area contributed by atoms with Crippen LogP contribution in [-0.4, -0.2) is 25.2 Å². The van der Waals surface area contributed by atoms with E-state index < -0.39 is 9.84 Å². The molecule has 3 rings (SSSR count). The fraction of sp³-hybridized carbons (Fsp3) is 0.200. The van der Waals surface area contributed by atoms with Gasteiger partial charge in [-0.15, -0.1) is 0 Å². The molecular weight excluding hydrogens is 306 g/mol. The smallest absolute Gasteiger partial charge is 0.179 e. The zero-order valence-corrected chi connectivity index (χ0v) is 12.9. The average Bonchev–Trinajstić information content (AvgIpc) is 3.25. The van der Waals surface area contributed by atoms with Crippen molar-refractivity contribution in [2.45, 2.75) is 10.1 Å². The minimum Gasteiger partial charge on any atom is -0.457 e. The van der Waals surface area contributed by atoms with E-state index in [9.17, 15) is 8.42 Å². The van der Waals surface area contributed by atoms with Crippen LogP contribution in [0.25, 0.3) is 0 Å². The van der Waals surface area contributed by atoms with Crippen molar-refractivity contribution in [2.24, 2.45) is 0 Å². The summed E-state index contributed by atoms with van der Waals surface area (Å²) in [6.45, 7) is 0. The summed E-state index contributed by atoms with van der Waals surface area (Å²) in [4.78, 5) is 0.347. The highest BCUT2D eigenvalue weighted by molar-refractivity contribution is 8.08. The predicted molar refractivity (Wildman–Crippen MR) is 85.7 cm³/mol. The van der Waals surface area contributed by atoms with E-state index in [1.165, 1.54) is 0 Å². The largest absolute Gasteiger partial charge is 0.457 e. The number of benzene rings is 2. The third kappa shape index (κ3) is 3.71. The molecule has 21 heavy (non-hydrogen) atoms. The summed E-state index contributed by atoms with van der Waals surface area (Å²) in [5, 5.41) is 0.265. The molecule has 6 heteroatoms. The Morgan fingerprint density at radius 3 is 2.10 bits per heavy atom. The molecule has 2 aromatic rings. The van der Waals surface area contributed by atoms with Gasteiger partial charge in [-0.25, -0.2) is 8.42 Å². The molecule has 1 aliphatic rings. The zero-order valence-electron chi connectivity index (χ0n) is 11.2. The molecule has 0 amide bonds. The number of hydrogen-bond acceptors (Lipinski definition) is 5. The van der Waals surface area contributed by atoms with Gasteiger partial charge in [0.25, 0.3) is 0 Å². The van der Waals surface area contributed by atoms with Gasteiger partial charge in [-0.05, 0) is 48.5 Å². The topological polar surface area (TPSA) is 69.4 Å². The third-order valence-corrected chi connectivity index (χ3v) is 6.12. The summed E-state index contributed by atoms with van der Waals surface area (Å²) < 4.78 is 29.9. The van der Waals surface area contributed by atoms with Crippen LogP contribution in [0.4, 0.5) is 5.69 Å². The second-order valence-electron chi connectivity index (χ2n) is 4.88. The zero-order chi connectivity index (χ0) is 14.9. The first-order valence-electron chi connectivity index (χ1n) is 6.51. The number of anilines is 1. The summed E-state index contributed by atoms with van der Waals surface area (Å²) in [5.41, 5.74) is 6.28. The second-order valence-corrected chi connectivity index (χ2v) is 8.25. The monoisotopic (exact) mass is 321 g/mol. The first-order valence-corrected chi connectivity index (χ1v) is 9.21. The standard InChI is InChI=1S/C15H15NO3S2/c16-11-1-3-12(4-2-11)19-13-5-7-15(8-6-13)21(17,18)10-14-9-20-14/h1-8,14H,9-10,16H2/t14-/m1/s1. The van der Waals surface area contributed by atoms with Gasteiger partial charge in [-0.2, -0.15) is 11.8 Å². The van der Waals surface area contributed by atoms with Gasteiger partial charge < -0.3 is 10.5 Å². The maximum atomic E-state index is 12.1. The molecule has 4 nitrogen and oxygen atoms in total. The lowest BCUT2D eigenvalue weighted by Crippen LogP contribution is -2.10. The Kier molecular flexibility index (Phi) is 3.82. The molecule has 0 saturated carbocycles. The Labute approximate surface area is 128 Å². The summed E-state index contributed by atoms with van der Waals surface area (Å²) in [7, 11) is -3.19. The Balaban J connectivity index is 1.72. The fourth-order valence-corrected chi connectivity index (χ4v) is 4.57. The summed E-state index contributed by atoms with van der Waals surface area (Å²) in [5.74, 6) is 2.42. The first-order chi connectivity index (χ1) is 10.0. The maximum Gasteiger partial charge on any atom is 0.179 e. The van der Waals surface area contributed by atoms with Crippen molar-refractivity contribution in [3.63, 3.8) is 0 Å². The minimum atomic E-state index is -3.19. The molecular formula is C15H15NO3S2. The second kappa shape index (κ2) is 5.61. The van der Waals surface area contributed by atoms with Gasteiger partial charge in [0.1, 0.15) is 11.5 Å². The summed E-state index contributed by atoms with van der Waals surface area (Å²) >= 11 is 1.68. The molecule has 1 aliphatic heterocycles. The number of sulfone groups is 1. The van der Waals surface area contributed by atoms with Crippen molar-refractivity contribution < 1.29 is 13.2 Å². The molecule has 0 aromatic heterocycles. The number of rotatable bonds is 5. The summed E-state index contributed by atoms with van der Waals surface area (Å²) in [6, 6.07) is 13.6. The van der Waals surface area contributed by atoms with Crippen molar-refractivity contribution in [1.29, 1.82) is 0 Å². The van der Waals surface area contributed by atoms with Crippen LogP contribution < -0.4 is 10.5 Å². The number of hydrogen-bond donors (Lipinski definition) is 1. The van der Waals surface area contributed by atoms with E-state index >= 15 is 0 Å². The highest BCUT2D eigenvalue weighted by atomic mass is 32.2. The van der Waals surface area contributed by atoms with Gasteiger partial charge in [0.15, 0.2) is 9.84 Å². The van der Waals surface area contributed by atoms with Crippen LogP contribution in [0, 0.1) is 0 Å². The quantitative estimate of drug-likeness (QED) is 0.677. The lowest BCUT2D eigenvalue weighted by molar-refractivity contribution is 0.482. The van der Waals surface area contributed by atoms with Crippen molar-refractivity contribution in [3.05, 3.63) is 48.5 Å². The van der Waals surface area contributed by atoms with Crippen molar-refractivity contribution in [1.82, 2.24) is 0 Å². The predicted octanol–water partition coefficient (Wildman–Crippen LogP) is 2.95. The molecule has 1 fully saturated rings.